The molecule has 0 bridgehead atoms. The standard InChI is InChI=1S/C64H43NO/c1-63(2)53-26-9-6-24-51(53)62-50(25-16-30-58(62)63)47-22-7-13-31-59(47)65(42-18-15-17-40(37-42)41-33-35-49-48-23-8-14-32-60(48)66-61(49)38-41)43-34-36-57-52(39-43)46-21-5-12-29-56(46)64(57)54-27-10-3-19-44(54)45-20-4-11-28-55(45)64/h3-39H,1-2H3. The number of para-hydroxylation sites is 2. The van der Waals surface area contributed by atoms with Gasteiger partial charge >= 0.3 is 0 Å². The Morgan fingerprint density at radius 1 is 0.333 bits per heavy atom. The van der Waals surface area contributed by atoms with E-state index < -0.39 is 5.41 Å². The van der Waals surface area contributed by atoms with E-state index in [2.05, 4.69) is 231 Å². The fourth-order valence-electron chi connectivity index (χ4n) is 12.3. The molecule has 14 rings (SSSR count). The van der Waals surface area contributed by atoms with Crippen LogP contribution in [0, 0.1) is 0 Å². The first kappa shape index (κ1) is 37.2. The summed E-state index contributed by atoms with van der Waals surface area (Å²) in [7, 11) is 0. The van der Waals surface area contributed by atoms with Crippen LogP contribution in [0.5, 0.6) is 0 Å². The molecule has 11 aromatic rings. The zero-order chi connectivity index (χ0) is 43.7. The van der Waals surface area contributed by atoms with Crippen LogP contribution in [0.4, 0.5) is 17.1 Å². The molecule has 2 nitrogen and oxygen atoms in total. The van der Waals surface area contributed by atoms with E-state index in [1.165, 1.54) is 77.9 Å². The third-order valence-electron chi connectivity index (χ3n) is 15.1. The van der Waals surface area contributed by atoms with Crippen molar-refractivity contribution in [3.63, 3.8) is 0 Å². The molecule has 0 unspecified atom stereocenters. The van der Waals surface area contributed by atoms with Crippen LogP contribution in [-0.4, -0.2) is 0 Å². The van der Waals surface area contributed by atoms with Crippen molar-refractivity contribution in [2.75, 3.05) is 4.90 Å². The summed E-state index contributed by atoms with van der Waals surface area (Å²) in [6.07, 6.45) is 0. The van der Waals surface area contributed by atoms with Crippen LogP contribution in [0.1, 0.15) is 47.2 Å². The Kier molecular flexibility index (Phi) is 7.70. The Hall–Kier alpha value is -8.20. The van der Waals surface area contributed by atoms with Gasteiger partial charge in [0.25, 0.3) is 0 Å². The summed E-state index contributed by atoms with van der Waals surface area (Å²) >= 11 is 0. The van der Waals surface area contributed by atoms with E-state index in [1.807, 2.05) is 12.1 Å². The molecule has 0 saturated heterocycles. The lowest BCUT2D eigenvalue weighted by atomic mass is 9.70. The molecule has 0 radical (unpaired) electrons. The van der Waals surface area contributed by atoms with E-state index >= 15 is 0 Å². The number of rotatable bonds is 5. The molecule has 0 amide bonds. The van der Waals surface area contributed by atoms with Gasteiger partial charge in [0, 0.05) is 33.1 Å². The normalized spacial score (nSPS) is 14.2. The van der Waals surface area contributed by atoms with Gasteiger partial charge in [0.15, 0.2) is 0 Å². The lowest BCUT2D eigenvalue weighted by Crippen LogP contribution is -2.25. The van der Waals surface area contributed by atoms with E-state index in [9.17, 15) is 0 Å². The van der Waals surface area contributed by atoms with Gasteiger partial charge in [-0.15, -0.1) is 0 Å². The van der Waals surface area contributed by atoms with Gasteiger partial charge in [-0.3, -0.25) is 0 Å². The zero-order valence-electron chi connectivity index (χ0n) is 36.7. The second-order valence-electron chi connectivity index (χ2n) is 18.7. The Balaban J connectivity index is 1.01. The van der Waals surface area contributed by atoms with Crippen molar-refractivity contribution in [3.05, 3.63) is 258 Å². The summed E-state index contributed by atoms with van der Waals surface area (Å²) in [6, 6.07) is 83.3. The average molecular weight is 842 g/mol. The van der Waals surface area contributed by atoms with Gasteiger partial charge in [-0.1, -0.05) is 190 Å². The van der Waals surface area contributed by atoms with Gasteiger partial charge in [-0.2, -0.15) is 0 Å². The molecule has 66 heavy (non-hydrogen) atoms. The molecule has 0 atom stereocenters. The molecule has 1 spiro atoms. The van der Waals surface area contributed by atoms with Crippen molar-refractivity contribution in [2.24, 2.45) is 0 Å². The minimum absolute atomic E-state index is 0.118. The van der Waals surface area contributed by atoms with Gasteiger partial charge in [0.2, 0.25) is 0 Å². The first-order valence-electron chi connectivity index (χ1n) is 23.1. The van der Waals surface area contributed by atoms with Crippen LogP contribution in [0.2, 0.25) is 0 Å². The van der Waals surface area contributed by atoms with E-state index in [1.54, 1.807) is 0 Å². The lowest BCUT2D eigenvalue weighted by molar-refractivity contribution is 0.660. The fourth-order valence-corrected chi connectivity index (χ4v) is 12.3. The SMILES string of the molecule is CC1(C)c2ccccc2-c2c(-c3ccccc3N(c3cccc(-c4ccc5c(c4)oc4ccccc45)c3)c3ccc4c(c3)-c3ccccc3C43c4ccccc4-c4ccccc43)cccc21. The molecule has 0 fully saturated rings. The second kappa shape index (κ2) is 13.7. The van der Waals surface area contributed by atoms with Crippen LogP contribution in [-0.2, 0) is 10.8 Å². The Bertz CT molecular complexity index is 3780. The number of nitrogens with zero attached hydrogens (tertiary/aromatic N) is 1. The second-order valence-corrected chi connectivity index (χ2v) is 18.7. The Morgan fingerprint density at radius 3 is 1.62 bits per heavy atom. The van der Waals surface area contributed by atoms with Gasteiger partial charge in [-0.25, -0.2) is 0 Å². The number of hydrogen-bond acceptors (Lipinski definition) is 2. The molecule has 3 aliphatic carbocycles. The van der Waals surface area contributed by atoms with Gasteiger partial charge in [0.1, 0.15) is 11.2 Å². The molecule has 0 aliphatic heterocycles. The maximum atomic E-state index is 6.42. The monoisotopic (exact) mass is 841 g/mol. The predicted octanol–water partition coefficient (Wildman–Crippen LogP) is 17.0. The third kappa shape index (κ3) is 4.96. The van der Waals surface area contributed by atoms with Crippen LogP contribution >= 0.6 is 0 Å². The van der Waals surface area contributed by atoms with E-state index in [0.717, 1.165) is 50.1 Å². The fraction of sp³-hybridized carbons (Fsp3) is 0.0625. The summed E-state index contributed by atoms with van der Waals surface area (Å²) in [4.78, 5) is 2.49. The maximum Gasteiger partial charge on any atom is 0.136 e. The number of fused-ring (bicyclic) bond motifs is 16. The first-order chi connectivity index (χ1) is 32.5. The van der Waals surface area contributed by atoms with Gasteiger partial charge < -0.3 is 9.32 Å². The maximum absolute atomic E-state index is 6.42. The predicted molar refractivity (Wildman–Crippen MR) is 273 cm³/mol. The Morgan fingerprint density at radius 2 is 0.864 bits per heavy atom. The lowest BCUT2D eigenvalue weighted by Gasteiger charge is -2.32. The van der Waals surface area contributed by atoms with Crippen LogP contribution < -0.4 is 4.90 Å². The minimum Gasteiger partial charge on any atom is -0.456 e. The molecule has 10 aromatic carbocycles. The van der Waals surface area contributed by atoms with E-state index in [0.29, 0.717) is 0 Å². The summed E-state index contributed by atoms with van der Waals surface area (Å²) in [6.45, 7) is 4.73. The topological polar surface area (TPSA) is 16.4 Å². The zero-order valence-corrected chi connectivity index (χ0v) is 36.7. The number of hydrogen-bond donors (Lipinski definition) is 0. The smallest absolute Gasteiger partial charge is 0.136 e. The van der Waals surface area contributed by atoms with Crippen molar-refractivity contribution in [1.29, 1.82) is 0 Å². The van der Waals surface area contributed by atoms with Crippen LogP contribution in [0.25, 0.3) is 77.6 Å². The molecule has 3 aliphatic rings. The van der Waals surface area contributed by atoms with Crippen molar-refractivity contribution in [1.82, 2.24) is 0 Å². The molecular formula is C64H43NO. The van der Waals surface area contributed by atoms with Crippen molar-refractivity contribution >= 4 is 39.0 Å². The van der Waals surface area contributed by atoms with E-state index in [-0.39, 0.29) is 5.41 Å². The number of furan rings is 1. The molecule has 1 heterocycles. The molecular weight excluding hydrogens is 799 g/mol. The quantitative estimate of drug-likeness (QED) is 0.172. The molecule has 310 valence electrons. The average Bonchev–Trinajstić information content (AvgIpc) is 4.06. The van der Waals surface area contributed by atoms with Crippen molar-refractivity contribution < 1.29 is 4.42 Å². The van der Waals surface area contributed by atoms with Crippen molar-refractivity contribution in [2.45, 2.75) is 24.7 Å². The largest absolute Gasteiger partial charge is 0.456 e. The number of benzene rings is 10. The summed E-state index contributed by atoms with van der Waals surface area (Å²) in [5, 5.41) is 2.27. The highest BCUT2D eigenvalue weighted by molar-refractivity contribution is 6.06. The van der Waals surface area contributed by atoms with Crippen LogP contribution in [0.3, 0.4) is 0 Å². The summed E-state index contributed by atoms with van der Waals surface area (Å²) < 4.78 is 6.42. The molecule has 0 N–H and O–H groups in total. The van der Waals surface area contributed by atoms with Gasteiger partial charge in [0.05, 0.1) is 11.1 Å². The van der Waals surface area contributed by atoms with Gasteiger partial charge in [-0.05, 0) is 132 Å². The summed E-state index contributed by atoms with van der Waals surface area (Å²) in [5.74, 6) is 0. The molecule has 2 heteroatoms. The minimum atomic E-state index is -0.416. The van der Waals surface area contributed by atoms with Crippen molar-refractivity contribution in [3.8, 4) is 55.6 Å². The first-order valence-corrected chi connectivity index (χ1v) is 23.1. The summed E-state index contributed by atoms with van der Waals surface area (Å²) in [5.41, 5.74) is 25.1. The highest BCUT2D eigenvalue weighted by Crippen LogP contribution is 2.63. The molecule has 1 aromatic heterocycles. The number of anilines is 3. The highest BCUT2D eigenvalue weighted by Gasteiger charge is 2.51. The van der Waals surface area contributed by atoms with E-state index in [4.69, 9.17) is 4.42 Å². The third-order valence-corrected chi connectivity index (χ3v) is 15.1. The highest BCUT2D eigenvalue weighted by atomic mass is 16.3. The Labute approximate surface area is 384 Å². The van der Waals surface area contributed by atoms with Crippen LogP contribution in [0.15, 0.2) is 229 Å². The molecule has 0 saturated carbocycles.